The Hall–Kier alpha value is -2.25. The quantitative estimate of drug-likeness (QED) is 0.472. The molecule has 2 aromatic heterocycles. The van der Waals surface area contributed by atoms with Crippen molar-refractivity contribution in [2.45, 2.75) is 43.7 Å². The number of carbonyl (C=O) groups is 2. The molecule has 3 rings (SSSR count). The second-order valence-corrected chi connectivity index (χ2v) is 8.13. The zero-order chi connectivity index (χ0) is 18.8. The summed E-state index contributed by atoms with van der Waals surface area (Å²) in [6.07, 6.45) is 0.770. The third-order valence-corrected chi connectivity index (χ3v) is 6.29. The Morgan fingerprint density at radius 3 is 2.65 bits per heavy atom. The molecule has 0 radical (unpaired) electrons. The summed E-state index contributed by atoms with van der Waals surface area (Å²) >= 11 is 3.04. The van der Waals surface area contributed by atoms with Gasteiger partial charge < -0.3 is 4.74 Å². The van der Waals surface area contributed by atoms with Crippen molar-refractivity contribution in [3.8, 4) is 0 Å². The van der Waals surface area contributed by atoms with Crippen molar-refractivity contribution in [1.29, 1.82) is 0 Å². The molecule has 134 valence electrons. The van der Waals surface area contributed by atoms with E-state index in [1.54, 1.807) is 36.7 Å². The molecule has 5 nitrogen and oxygen atoms in total. The van der Waals surface area contributed by atoms with Crippen molar-refractivity contribution in [1.82, 2.24) is 9.97 Å². The summed E-state index contributed by atoms with van der Waals surface area (Å²) < 4.78 is 5.26. The molecule has 7 heteroatoms. The zero-order valence-electron chi connectivity index (χ0n) is 14.9. The standard InChI is InChI=1S/C19H18N2O3S2/c1-10-13(4)25-17-16(10)18(21-9-20-17)26-15-8-6-5-7-14(15)19(23)24-12(3)11(2)22/h5-9,12H,1-4H3/t12-/m1/s1. The topological polar surface area (TPSA) is 69.2 Å². The van der Waals surface area contributed by atoms with Crippen molar-refractivity contribution < 1.29 is 14.3 Å². The van der Waals surface area contributed by atoms with E-state index in [9.17, 15) is 9.59 Å². The molecule has 0 bridgehead atoms. The summed E-state index contributed by atoms with van der Waals surface area (Å²) in [6, 6.07) is 7.18. The molecule has 1 atom stereocenters. The van der Waals surface area contributed by atoms with Crippen LogP contribution < -0.4 is 0 Å². The van der Waals surface area contributed by atoms with Crippen molar-refractivity contribution in [2.24, 2.45) is 0 Å². The summed E-state index contributed by atoms with van der Waals surface area (Å²) in [5, 5.41) is 1.82. The molecule has 0 amide bonds. The summed E-state index contributed by atoms with van der Waals surface area (Å²) in [6.45, 7) is 7.08. The van der Waals surface area contributed by atoms with E-state index < -0.39 is 12.1 Å². The van der Waals surface area contributed by atoms with Gasteiger partial charge in [-0.2, -0.15) is 0 Å². The molecule has 3 aromatic rings. The molecular weight excluding hydrogens is 368 g/mol. The zero-order valence-corrected chi connectivity index (χ0v) is 16.5. The minimum Gasteiger partial charge on any atom is -0.451 e. The van der Waals surface area contributed by atoms with Crippen LogP contribution in [0.15, 0.2) is 40.5 Å². The first-order chi connectivity index (χ1) is 12.4. The Balaban J connectivity index is 1.97. The maximum absolute atomic E-state index is 12.5. The minimum absolute atomic E-state index is 0.189. The van der Waals surface area contributed by atoms with Gasteiger partial charge in [0, 0.05) is 15.2 Å². The Morgan fingerprint density at radius 1 is 1.19 bits per heavy atom. The molecule has 0 spiro atoms. The van der Waals surface area contributed by atoms with E-state index in [0.717, 1.165) is 25.7 Å². The summed E-state index contributed by atoms with van der Waals surface area (Å²) in [5.74, 6) is -0.704. The average Bonchev–Trinajstić information content (AvgIpc) is 2.90. The molecule has 2 heterocycles. The van der Waals surface area contributed by atoms with E-state index in [1.807, 2.05) is 12.1 Å². The van der Waals surface area contributed by atoms with Crippen LogP contribution in [0, 0.1) is 13.8 Å². The van der Waals surface area contributed by atoms with E-state index in [0.29, 0.717) is 5.56 Å². The van der Waals surface area contributed by atoms with Crippen LogP contribution in [-0.2, 0) is 9.53 Å². The predicted molar refractivity (Wildman–Crippen MR) is 103 cm³/mol. The second kappa shape index (κ2) is 7.55. The van der Waals surface area contributed by atoms with Crippen LogP contribution in [0.25, 0.3) is 10.2 Å². The number of carbonyl (C=O) groups excluding carboxylic acids is 2. The number of esters is 1. The Morgan fingerprint density at radius 2 is 1.92 bits per heavy atom. The lowest BCUT2D eigenvalue weighted by Crippen LogP contribution is -2.22. The second-order valence-electron chi connectivity index (χ2n) is 5.90. The van der Waals surface area contributed by atoms with E-state index in [-0.39, 0.29) is 5.78 Å². The molecule has 0 aliphatic heterocycles. The maximum Gasteiger partial charge on any atom is 0.339 e. The third kappa shape index (κ3) is 3.64. The highest BCUT2D eigenvalue weighted by Gasteiger charge is 2.20. The molecule has 26 heavy (non-hydrogen) atoms. The average molecular weight is 386 g/mol. The number of aromatic nitrogens is 2. The van der Waals surface area contributed by atoms with Gasteiger partial charge >= 0.3 is 5.97 Å². The molecule has 0 saturated carbocycles. The molecule has 0 N–H and O–H groups in total. The number of thiophene rings is 1. The first kappa shape index (κ1) is 18.5. The van der Waals surface area contributed by atoms with Crippen molar-refractivity contribution in [3.05, 3.63) is 46.6 Å². The number of rotatable bonds is 5. The number of ether oxygens (including phenoxy) is 1. The Kier molecular flexibility index (Phi) is 5.38. The molecule has 0 aliphatic carbocycles. The molecule has 0 unspecified atom stereocenters. The van der Waals surface area contributed by atoms with E-state index in [1.165, 1.54) is 23.6 Å². The van der Waals surface area contributed by atoms with E-state index in [4.69, 9.17) is 4.74 Å². The number of aryl methyl sites for hydroxylation is 2. The number of fused-ring (bicyclic) bond motifs is 1. The Bertz CT molecular complexity index is 998. The number of hydrogen-bond acceptors (Lipinski definition) is 7. The van der Waals surface area contributed by atoms with Gasteiger partial charge in [0.25, 0.3) is 0 Å². The van der Waals surface area contributed by atoms with Crippen LogP contribution in [-0.4, -0.2) is 27.8 Å². The highest BCUT2D eigenvalue weighted by atomic mass is 32.2. The molecule has 0 fully saturated rings. The summed E-state index contributed by atoms with van der Waals surface area (Å²) in [5.41, 5.74) is 1.57. The third-order valence-electron chi connectivity index (χ3n) is 4.10. The van der Waals surface area contributed by atoms with E-state index >= 15 is 0 Å². The Labute approximate surface area is 159 Å². The van der Waals surface area contributed by atoms with E-state index in [2.05, 4.69) is 23.8 Å². The first-order valence-corrected chi connectivity index (χ1v) is 9.70. The largest absolute Gasteiger partial charge is 0.451 e. The SMILES string of the molecule is CC(=O)[C@@H](C)OC(=O)c1ccccc1Sc1ncnc2sc(C)c(C)c12. The van der Waals surface area contributed by atoms with Gasteiger partial charge in [0.2, 0.25) is 0 Å². The fourth-order valence-electron chi connectivity index (χ4n) is 2.36. The van der Waals surface area contributed by atoms with Gasteiger partial charge in [0.15, 0.2) is 11.9 Å². The highest BCUT2D eigenvalue weighted by Crippen LogP contribution is 2.38. The maximum atomic E-state index is 12.5. The number of benzene rings is 1. The number of ketones is 1. The minimum atomic E-state index is -0.770. The van der Waals surface area contributed by atoms with Crippen molar-refractivity contribution in [3.63, 3.8) is 0 Å². The summed E-state index contributed by atoms with van der Waals surface area (Å²) in [7, 11) is 0. The van der Waals surface area contributed by atoms with Crippen LogP contribution in [0.3, 0.4) is 0 Å². The van der Waals surface area contributed by atoms with Crippen molar-refractivity contribution in [2.75, 3.05) is 0 Å². The lowest BCUT2D eigenvalue weighted by molar-refractivity contribution is -0.124. The van der Waals surface area contributed by atoms with Gasteiger partial charge in [-0.15, -0.1) is 11.3 Å². The van der Waals surface area contributed by atoms with Crippen LogP contribution in [0.1, 0.15) is 34.6 Å². The number of hydrogen-bond donors (Lipinski definition) is 0. The molecular formula is C19H18N2O3S2. The monoisotopic (exact) mass is 386 g/mol. The first-order valence-electron chi connectivity index (χ1n) is 8.07. The lowest BCUT2D eigenvalue weighted by Gasteiger charge is -2.12. The molecule has 1 aromatic carbocycles. The van der Waals surface area contributed by atoms with Crippen LogP contribution >= 0.6 is 23.1 Å². The predicted octanol–water partition coefficient (Wildman–Crippen LogP) is 4.59. The van der Waals surface area contributed by atoms with Crippen LogP contribution in [0.5, 0.6) is 0 Å². The van der Waals surface area contributed by atoms with Crippen LogP contribution in [0.4, 0.5) is 0 Å². The molecule has 0 aliphatic rings. The highest BCUT2D eigenvalue weighted by molar-refractivity contribution is 7.99. The van der Waals surface area contributed by atoms with Crippen LogP contribution in [0.2, 0.25) is 0 Å². The molecule has 0 saturated heterocycles. The van der Waals surface area contributed by atoms with Gasteiger partial charge in [-0.1, -0.05) is 23.9 Å². The fraction of sp³-hybridized carbons (Fsp3) is 0.263. The van der Waals surface area contributed by atoms with Crippen molar-refractivity contribution >= 4 is 45.1 Å². The van der Waals surface area contributed by atoms with Gasteiger partial charge in [-0.25, -0.2) is 14.8 Å². The normalized spacial score (nSPS) is 12.2. The number of Topliss-reactive ketones (excluding diaryl/α,β-unsaturated/α-hetero) is 1. The van der Waals surface area contributed by atoms with Gasteiger partial charge in [0.05, 0.1) is 5.56 Å². The lowest BCUT2D eigenvalue weighted by atomic mass is 10.2. The summed E-state index contributed by atoms with van der Waals surface area (Å²) in [4.78, 5) is 35.5. The van der Waals surface area contributed by atoms with Gasteiger partial charge in [0.1, 0.15) is 16.2 Å². The van der Waals surface area contributed by atoms with Gasteiger partial charge in [-0.05, 0) is 45.4 Å². The fourth-order valence-corrected chi connectivity index (χ4v) is 4.49. The van der Waals surface area contributed by atoms with Gasteiger partial charge in [-0.3, -0.25) is 4.79 Å². The smallest absolute Gasteiger partial charge is 0.339 e. The number of nitrogens with zero attached hydrogens (tertiary/aromatic N) is 2.